The molecule has 1 aliphatic rings. The van der Waals surface area contributed by atoms with E-state index in [1.807, 2.05) is 19.1 Å². The fourth-order valence-corrected chi connectivity index (χ4v) is 3.13. The van der Waals surface area contributed by atoms with Crippen molar-refractivity contribution in [1.29, 1.82) is 0 Å². The first kappa shape index (κ1) is 21.3. The van der Waals surface area contributed by atoms with Crippen LogP contribution < -0.4 is 10.6 Å². The molecular formula is C18H33IN4O. The standard InChI is InChI=1S/C18H32N4O.HI/c1-5-19-18(21-15(3)17-11-10-14(2)23-17)20-12-13-22(4)16-8-6-7-9-16;/h10-11,15-16H,5-9,12-13H2,1-4H3,(H2,19,20,21);1H. The Bertz CT molecular complexity index is 497. The highest BCUT2D eigenvalue weighted by atomic mass is 127. The lowest BCUT2D eigenvalue weighted by molar-refractivity contribution is 0.252. The van der Waals surface area contributed by atoms with Crippen molar-refractivity contribution in [2.75, 3.05) is 26.7 Å². The third-order valence-electron chi connectivity index (χ3n) is 4.56. The number of guanidine groups is 1. The van der Waals surface area contributed by atoms with E-state index >= 15 is 0 Å². The van der Waals surface area contributed by atoms with Crippen molar-refractivity contribution in [2.45, 2.75) is 58.5 Å². The van der Waals surface area contributed by atoms with Crippen LogP contribution in [0, 0.1) is 6.92 Å². The molecule has 1 atom stereocenters. The number of hydrogen-bond donors (Lipinski definition) is 2. The van der Waals surface area contributed by atoms with Crippen LogP contribution in [0.1, 0.15) is 57.1 Å². The summed E-state index contributed by atoms with van der Waals surface area (Å²) in [7, 11) is 2.22. The lowest BCUT2D eigenvalue weighted by Crippen LogP contribution is -2.39. The molecule has 1 saturated carbocycles. The summed E-state index contributed by atoms with van der Waals surface area (Å²) in [6.45, 7) is 8.82. The van der Waals surface area contributed by atoms with Gasteiger partial charge in [0.15, 0.2) is 5.96 Å². The molecule has 0 saturated heterocycles. The van der Waals surface area contributed by atoms with Crippen LogP contribution in [0.3, 0.4) is 0 Å². The van der Waals surface area contributed by atoms with Gasteiger partial charge < -0.3 is 20.0 Å². The van der Waals surface area contributed by atoms with Crippen molar-refractivity contribution in [3.05, 3.63) is 23.7 Å². The molecule has 0 radical (unpaired) electrons. The molecule has 1 aromatic heterocycles. The molecule has 24 heavy (non-hydrogen) atoms. The summed E-state index contributed by atoms with van der Waals surface area (Å²) in [5.41, 5.74) is 0. The number of hydrogen-bond acceptors (Lipinski definition) is 3. The van der Waals surface area contributed by atoms with E-state index in [9.17, 15) is 0 Å². The highest BCUT2D eigenvalue weighted by Gasteiger charge is 2.18. The van der Waals surface area contributed by atoms with E-state index in [0.29, 0.717) is 0 Å². The summed E-state index contributed by atoms with van der Waals surface area (Å²) in [5.74, 6) is 2.74. The lowest BCUT2D eigenvalue weighted by atomic mass is 10.2. The van der Waals surface area contributed by atoms with Gasteiger partial charge in [0.1, 0.15) is 11.5 Å². The largest absolute Gasteiger partial charge is 0.464 e. The predicted octanol–water partition coefficient (Wildman–Crippen LogP) is 3.70. The third kappa shape index (κ3) is 6.63. The minimum atomic E-state index is 0. The second-order valence-electron chi connectivity index (χ2n) is 6.49. The molecule has 0 spiro atoms. The summed E-state index contributed by atoms with van der Waals surface area (Å²) >= 11 is 0. The molecule has 1 heterocycles. The minimum Gasteiger partial charge on any atom is -0.464 e. The second kappa shape index (κ2) is 11.0. The first-order valence-electron chi connectivity index (χ1n) is 8.91. The smallest absolute Gasteiger partial charge is 0.191 e. The summed E-state index contributed by atoms with van der Waals surface area (Å²) in [6.07, 6.45) is 5.44. The van der Waals surface area contributed by atoms with Crippen LogP contribution in [-0.4, -0.2) is 43.6 Å². The molecule has 1 aromatic rings. The Labute approximate surface area is 163 Å². The monoisotopic (exact) mass is 448 g/mol. The SMILES string of the molecule is CCNC(=NCCN(C)C1CCCC1)NC(C)c1ccc(C)o1.I. The van der Waals surface area contributed by atoms with Crippen molar-refractivity contribution in [1.82, 2.24) is 15.5 Å². The number of nitrogens with zero attached hydrogens (tertiary/aromatic N) is 2. The maximum absolute atomic E-state index is 5.68. The molecule has 5 nitrogen and oxygen atoms in total. The van der Waals surface area contributed by atoms with Crippen molar-refractivity contribution in [3.63, 3.8) is 0 Å². The number of furan rings is 1. The van der Waals surface area contributed by atoms with Crippen LogP contribution in [0.5, 0.6) is 0 Å². The zero-order chi connectivity index (χ0) is 16.7. The summed E-state index contributed by atoms with van der Waals surface area (Å²) in [6, 6.07) is 4.87. The van der Waals surface area contributed by atoms with Crippen molar-refractivity contribution >= 4 is 29.9 Å². The molecule has 6 heteroatoms. The molecule has 2 rings (SSSR count). The van der Waals surface area contributed by atoms with Crippen LogP contribution in [0.25, 0.3) is 0 Å². The summed E-state index contributed by atoms with van der Waals surface area (Å²) < 4.78 is 5.68. The molecule has 2 N–H and O–H groups in total. The van der Waals surface area contributed by atoms with Crippen LogP contribution in [0.15, 0.2) is 21.5 Å². The van der Waals surface area contributed by atoms with Gasteiger partial charge in [-0.25, -0.2) is 0 Å². The molecule has 0 amide bonds. The van der Waals surface area contributed by atoms with E-state index in [0.717, 1.165) is 43.2 Å². The Hall–Kier alpha value is -0.760. The van der Waals surface area contributed by atoms with Gasteiger partial charge in [-0.05, 0) is 52.8 Å². The van der Waals surface area contributed by atoms with Crippen LogP contribution >= 0.6 is 24.0 Å². The second-order valence-corrected chi connectivity index (χ2v) is 6.49. The first-order chi connectivity index (χ1) is 11.1. The Morgan fingerprint density at radius 1 is 1.38 bits per heavy atom. The Balaban J connectivity index is 0.00000288. The summed E-state index contributed by atoms with van der Waals surface area (Å²) in [5, 5.41) is 6.73. The molecule has 1 aliphatic carbocycles. The van der Waals surface area contributed by atoms with Crippen molar-refractivity contribution in [3.8, 4) is 0 Å². The molecule has 0 bridgehead atoms. The number of nitrogens with one attached hydrogen (secondary N) is 2. The fraction of sp³-hybridized carbons (Fsp3) is 0.722. The van der Waals surface area contributed by atoms with Crippen LogP contribution in [0.2, 0.25) is 0 Å². The van der Waals surface area contributed by atoms with E-state index in [-0.39, 0.29) is 30.0 Å². The molecule has 0 aliphatic heterocycles. The highest BCUT2D eigenvalue weighted by Crippen LogP contribution is 2.22. The van der Waals surface area contributed by atoms with E-state index < -0.39 is 0 Å². The molecule has 1 unspecified atom stereocenters. The van der Waals surface area contributed by atoms with Gasteiger partial charge in [0, 0.05) is 19.1 Å². The van der Waals surface area contributed by atoms with E-state index in [1.165, 1.54) is 25.7 Å². The highest BCUT2D eigenvalue weighted by molar-refractivity contribution is 14.0. The average molecular weight is 448 g/mol. The first-order valence-corrected chi connectivity index (χ1v) is 8.91. The maximum Gasteiger partial charge on any atom is 0.191 e. The number of likely N-dealkylation sites (N-methyl/N-ethyl adjacent to an activating group) is 1. The van der Waals surface area contributed by atoms with Gasteiger partial charge in [0.2, 0.25) is 0 Å². The number of aryl methyl sites for hydroxylation is 1. The topological polar surface area (TPSA) is 52.8 Å². The zero-order valence-corrected chi connectivity index (χ0v) is 17.8. The van der Waals surface area contributed by atoms with E-state index in [4.69, 9.17) is 9.41 Å². The maximum atomic E-state index is 5.68. The quantitative estimate of drug-likeness (QED) is 0.380. The van der Waals surface area contributed by atoms with Gasteiger partial charge in [0.25, 0.3) is 0 Å². The van der Waals surface area contributed by atoms with E-state index in [1.54, 1.807) is 0 Å². The normalized spacial score (nSPS) is 17.0. The molecule has 0 aromatic carbocycles. The van der Waals surface area contributed by atoms with Gasteiger partial charge in [-0.1, -0.05) is 12.8 Å². The van der Waals surface area contributed by atoms with Gasteiger partial charge in [-0.3, -0.25) is 4.99 Å². The van der Waals surface area contributed by atoms with Gasteiger partial charge in [-0.15, -0.1) is 24.0 Å². The lowest BCUT2D eigenvalue weighted by Gasteiger charge is -2.23. The predicted molar refractivity (Wildman–Crippen MR) is 111 cm³/mol. The van der Waals surface area contributed by atoms with Gasteiger partial charge >= 0.3 is 0 Å². The van der Waals surface area contributed by atoms with Gasteiger partial charge in [-0.2, -0.15) is 0 Å². The molecule has 138 valence electrons. The van der Waals surface area contributed by atoms with Gasteiger partial charge in [0.05, 0.1) is 12.6 Å². The molecular weight excluding hydrogens is 415 g/mol. The average Bonchev–Trinajstić information content (AvgIpc) is 3.18. The number of rotatable bonds is 7. The van der Waals surface area contributed by atoms with Crippen molar-refractivity contribution in [2.24, 2.45) is 4.99 Å². The van der Waals surface area contributed by atoms with Crippen molar-refractivity contribution < 1.29 is 4.42 Å². The molecule has 1 fully saturated rings. The Morgan fingerprint density at radius 3 is 2.67 bits per heavy atom. The zero-order valence-electron chi connectivity index (χ0n) is 15.5. The number of aliphatic imine (C=N–C) groups is 1. The number of halogens is 1. The fourth-order valence-electron chi connectivity index (χ4n) is 3.13. The summed E-state index contributed by atoms with van der Waals surface area (Å²) in [4.78, 5) is 7.17. The van der Waals surface area contributed by atoms with Crippen LogP contribution in [0.4, 0.5) is 0 Å². The minimum absolute atomic E-state index is 0. The Morgan fingerprint density at radius 2 is 2.08 bits per heavy atom. The Kier molecular flexibility index (Phi) is 9.73. The van der Waals surface area contributed by atoms with E-state index in [2.05, 4.69) is 36.4 Å². The van der Waals surface area contributed by atoms with Crippen LogP contribution in [-0.2, 0) is 0 Å². The third-order valence-corrected chi connectivity index (χ3v) is 4.56.